The molecule has 0 bridgehead atoms. The van der Waals surface area contributed by atoms with Crippen molar-refractivity contribution in [1.82, 2.24) is 19.4 Å². The molecule has 130 valence electrons. The van der Waals surface area contributed by atoms with Crippen molar-refractivity contribution in [2.45, 2.75) is 39.2 Å². The predicted molar refractivity (Wildman–Crippen MR) is 93.6 cm³/mol. The van der Waals surface area contributed by atoms with E-state index in [1.165, 1.54) is 0 Å². The van der Waals surface area contributed by atoms with Crippen LogP contribution in [0.3, 0.4) is 0 Å². The zero-order valence-corrected chi connectivity index (χ0v) is 15.0. The fraction of sp³-hybridized carbons (Fsp3) is 0.765. The number of nitrogens with zero attached hydrogens (tertiary/aromatic N) is 5. The first kappa shape index (κ1) is 17.8. The molecule has 23 heavy (non-hydrogen) atoms. The van der Waals surface area contributed by atoms with Crippen LogP contribution in [-0.4, -0.2) is 71.1 Å². The number of likely N-dealkylation sites (N-methyl/N-ethyl adjacent to an activating group) is 2. The van der Waals surface area contributed by atoms with Crippen LogP contribution in [0.5, 0.6) is 0 Å². The molecule has 1 aliphatic rings. The first-order chi connectivity index (χ1) is 11.0. The summed E-state index contributed by atoms with van der Waals surface area (Å²) in [6.07, 6.45) is 6.76. The number of anilines is 1. The largest absolute Gasteiger partial charge is 0.357 e. The maximum atomic E-state index is 12.0. The second kappa shape index (κ2) is 8.34. The van der Waals surface area contributed by atoms with Crippen molar-refractivity contribution in [3.05, 3.63) is 12.5 Å². The molecule has 1 fully saturated rings. The van der Waals surface area contributed by atoms with Gasteiger partial charge in [0.2, 0.25) is 5.91 Å². The van der Waals surface area contributed by atoms with E-state index in [9.17, 15) is 4.79 Å². The Morgan fingerprint density at radius 3 is 2.78 bits per heavy atom. The quantitative estimate of drug-likeness (QED) is 0.729. The van der Waals surface area contributed by atoms with Crippen molar-refractivity contribution in [3.8, 4) is 0 Å². The lowest BCUT2D eigenvalue weighted by Gasteiger charge is -2.31. The summed E-state index contributed by atoms with van der Waals surface area (Å²) in [5.74, 6) is 1.31. The van der Waals surface area contributed by atoms with Gasteiger partial charge in [-0.2, -0.15) is 0 Å². The van der Waals surface area contributed by atoms with Gasteiger partial charge < -0.3 is 14.4 Å². The fourth-order valence-corrected chi connectivity index (χ4v) is 3.24. The van der Waals surface area contributed by atoms with Crippen molar-refractivity contribution in [2.24, 2.45) is 7.05 Å². The second-order valence-corrected chi connectivity index (χ2v) is 6.45. The monoisotopic (exact) mass is 321 g/mol. The molecule has 1 aliphatic heterocycles. The van der Waals surface area contributed by atoms with Gasteiger partial charge in [-0.3, -0.25) is 9.69 Å². The van der Waals surface area contributed by atoms with E-state index < -0.39 is 0 Å². The van der Waals surface area contributed by atoms with Crippen LogP contribution in [-0.2, 0) is 11.8 Å². The second-order valence-electron chi connectivity index (χ2n) is 6.45. The van der Waals surface area contributed by atoms with Gasteiger partial charge in [0.05, 0.1) is 6.33 Å². The Bertz CT molecular complexity index is 501. The lowest BCUT2D eigenvalue weighted by Crippen LogP contribution is -2.44. The molecule has 1 aromatic heterocycles. The molecule has 0 radical (unpaired) electrons. The number of hydrogen-bond acceptors (Lipinski definition) is 4. The van der Waals surface area contributed by atoms with E-state index in [0.29, 0.717) is 18.4 Å². The minimum atomic E-state index is 0.300. The van der Waals surface area contributed by atoms with Crippen LogP contribution in [0.25, 0.3) is 0 Å². The molecule has 0 N–H and O–H groups in total. The minimum absolute atomic E-state index is 0.300. The van der Waals surface area contributed by atoms with E-state index in [1.807, 2.05) is 31.1 Å². The molecule has 6 nitrogen and oxygen atoms in total. The van der Waals surface area contributed by atoms with Crippen molar-refractivity contribution < 1.29 is 4.79 Å². The van der Waals surface area contributed by atoms with Crippen molar-refractivity contribution >= 4 is 11.7 Å². The number of imidazole rings is 1. The number of hydrogen-bond donors (Lipinski definition) is 0. The summed E-state index contributed by atoms with van der Waals surface area (Å²) in [7, 11) is 4.07. The highest BCUT2D eigenvalue weighted by molar-refractivity contribution is 5.76. The number of amides is 1. The summed E-state index contributed by atoms with van der Waals surface area (Å²) in [4.78, 5) is 23.1. The lowest BCUT2D eigenvalue weighted by atomic mass is 10.2. The molecule has 1 unspecified atom stereocenters. The minimum Gasteiger partial charge on any atom is -0.357 e. The van der Waals surface area contributed by atoms with Crippen LogP contribution in [0.1, 0.15) is 33.1 Å². The zero-order chi connectivity index (χ0) is 16.8. The maximum Gasteiger partial charge on any atom is 0.222 e. The van der Waals surface area contributed by atoms with Gasteiger partial charge in [0.25, 0.3) is 0 Å². The number of rotatable bonds is 8. The molecule has 1 amide bonds. The molecule has 2 heterocycles. The van der Waals surface area contributed by atoms with E-state index in [4.69, 9.17) is 0 Å². The first-order valence-electron chi connectivity index (χ1n) is 8.76. The standard InChI is InChI=1S/C17H31N5O/c1-5-17(23)22-9-7-8-15(22)12-21(6-2)11-10-20(4)16-13-19(3)14-18-16/h13-15H,5-12H2,1-4H3. The molecular weight excluding hydrogens is 290 g/mol. The summed E-state index contributed by atoms with van der Waals surface area (Å²) in [5.41, 5.74) is 0. The van der Waals surface area contributed by atoms with E-state index in [2.05, 4.69) is 33.7 Å². The van der Waals surface area contributed by atoms with Gasteiger partial charge in [0, 0.05) is 58.9 Å². The molecule has 1 aromatic rings. The Balaban J connectivity index is 1.84. The Kier molecular flexibility index (Phi) is 6.45. The van der Waals surface area contributed by atoms with Crippen molar-refractivity contribution in [3.63, 3.8) is 0 Å². The van der Waals surface area contributed by atoms with E-state index >= 15 is 0 Å². The summed E-state index contributed by atoms with van der Waals surface area (Å²) >= 11 is 0. The molecule has 0 aliphatic carbocycles. The van der Waals surface area contributed by atoms with Crippen LogP contribution < -0.4 is 4.90 Å². The third-order valence-electron chi connectivity index (χ3n) is 4.75. The van der Waals surface area contributed by atoms with Crippen LogP contribution in [0.15, 0.2) is 12.5 Å². The van der Waals surface area contributed by atoms with Gasteiger partial charge in [-0.05, 0) is 19.4 Å². The molecule has 0 aromatic carbocycles. The maximum absolute atomic E-state index is 12.0. The van der Waals surface area contributed by atoms with Gasteiger partial charge in [-0.15, -0.1) is 0 Å². The lowest BCUT2D eigenvalue weighted by molar-refractivity contribution is -0.131. The summed E-state index contributed by atoms with van der Waals surface area (Å²) in [6, 6.07) is 0.391. The highest BCUT2D eigenvalue weighted by Crippen LogP contribution is 2.19. The third kappa shape index (κ3) is 4.70. The Labute approximate surface area is 140 Å². The summed E-state index contributed by atoms with van der Waals surface area (Å²) in [5, 5.41) is 0. The molecule has 6 heteroatoms. The number of aryl methyl sites for hydroxylation is 1. The molecule has 0 saturated carbocycles. The normalized spacial score (nSPS) is 18.0. The SMILES string of the molecule is CCC(=O)N1CCCC1CN(CC)CCN(C)c1cn(C)cn1. The van der Waals surface area contributed by atoms with Crippen molar-refractivity contribution in [2.75, 3.05) is 44.7 Å². The third-order valence-corrected chi connectivity index (χ3v) is 4.75. The van der Waals surface area contributed by atoms with Gasteiger partial charge >= 0.3 is 0 Å². The number of carbonyl (C=O) groups excluding carboxylic acids is 1. The average molecular weight is 321 g/mol. The highest BCUT2D eigenvalue weighted by Gasteiger charge is 2.28. The van der Waals surface area contributed by atoms with Crippen LogP contribution in [0.4, 0.5) is 5.82 Å². The van der Waals surface area contributed by atoms with Crippen LogP contribution in [0.2, 0.25) is 0 Å². The number of carbonyl (C=O) groups is 1. The Morgan fingerprint density at radius 1 is 1.39 bits per heavy atom. The molecule has 1 saturated heterocycles. The summed E-state index contributed by atoms with van der Waals surface area (Å²) in [6.45, 7) is 9.02. The Hall–Kier alpha value is -1.56. The number of aromatic nitrogens is 2. The Morgan fingerprint density at radius 2 is 2.17 bits per heavy atom. The van der Waals surface area contributed by atoms with Gasteiger partial charge in [0.15, 0.2) is 0 Å². The van der Waals surface area contributed by atoms with Crippen LogP contribution >= 0.6 is 0 Å². The molecule has 0 spiro atoms. The molecule has 2 rings (SSSR count). The summed E-state index contributed by atoms with van der Waals surface area (Å²) < 4.78 is 1.97. The topological polar surface area (TPSA) is 44.6 Å². The predicted octanol–water partition coefficient (Wildman–Crippen LogP) is 1.58. The van der Waals surface area contributed by atoms with Gasteiger partial charge in [-0.25, -0.2) is 4.98 Å². The molecular formula is C17H31N5O. The molecule has 1 atom stereocenters. The van der Waals surface area contributed by atoms with E-state index in [1.54, 1.807) is 0 Å². The fourth-order valence-electron chi connectivity index (χ4n) is 3.24. The smallest absolute Gasteiger partial charge is 0.222 e. The van der Waals surface area contributed by atoms with Gasteiger partial charge in [0.1, 0.15) is 5.82 Å². The van der Waals surface area contributed by atoms with E-state index in [-0.39, 0.29) is 0 Å². The van der Waals surface area contributed by atoms with Crippen molar-refractivity contribution in [1.29, 1.82) is 0 Å². The van der Waals surface area contributed by atoms with Crippen LogP contribution in [0, 0.1) is 0 Å². The van der Waals surface area contributed by atoms with Gasteiger partial charge in [-0.1, -0.05) is 13.8 Å². The van der Waals surface area contributed by atoms with E-state index in [0.717, 1.165) is 51.4 Å². The number of likely N-dealkylation sites (tertiary alicyclic amines) is 1. The average Bonchev–Trinajstić information content (AvgIpc) is 3.19. The zero-order valence-electron chi connectivity index (χ0n) is 15.0. The first-order valence-corrected chi connectivity index (χ1v) is 8.76. The highest BCUT2D eigenvalue weighted by atomic mass is 16.2.